The van der Waals surface area contributed by atoms with E-state index < -0.39 is 7.82 Å². The first-order valence-corrected chi connectivity index (χ1v) is 2.35. The summed E-state index contributed by atoms with van der Waals surface area (Å²) in [7, 11) is -4.64. The molecule has 0 aromatic rings. The van der Waals surface area contributed by atoms with E-state index in [1.807, 2.05) is 0 Å². The van der Waals surface area contributed by atoms with Crippen molar-refractivity contribution in [3.8, 4) is 0 Å². The van der Waals surface area contributed by atoms with Crippen LogP contribution in [0, 0.1) is 40.8 Å². The van der Waals surface area contributed by atoms with Crippen LogP contribution >= 0.6 is 7.82 Å². The molecular formula is H4LiNdO4P. The predicted molar refractivity (Wildman–Crippen MR) is 21.4 cm³/mol. The van der Waals surface area contributed by atoms with Gasteiger partial charge >= 0.3 is 26.7 Å². The van der Waals surface area contributed by atoms with Crippen LogP contribution in [0.25, 0.3) is 0 Å². The molecule has 0 bridgehead atoms. The zero-order valence-electron chi connectivity index (χ0n) is 2.70. The van der Waals surface area contributed by atoms with Gasteiger partial charge in [0.2, 0.25) is 0 Å². The van der Waals surface area contributed by atoms with Gasteiger partial charge in [0, 0.05) is 40.8 Å². The van der Waals surface area contributed by atoms with E-state index in [0.717, 1.165) is 0 Å². The molecule has 0 heterocycles. The van der Waals surface area contributed by atoms with Crippen molar-refractivity contribution >= 4 is 26.7 Å². The van der Waals surface area contributed by atoms with E-state index >= 15 is 0 Å². The molecule has 0 aromatic carbocycles. The molecule has 0 aliphatic carbocycles. The Bertz CT molecular complexity index is 57.8. The minimum absolute atomic E-state index is 0. The van der Waals surface area contributed by atoms with Crippen molar-refractivity contribution < 1.29 is 60.1 Å². The van der Waals surface area contributed by atoms with Gasteiger partial charge in [-0.3, -0.25) is 0 Å². The molecule has 0 aliphatic heterocycles. The second kappa shape index (κ2) is 6.18. The Morgan fingerprint density at radius 2 is 1.14 bits per heavy atom. The fourth-order valence-electron chi connectivity index (χ4n) is 0. The molecule has 4 nitrogen and oxygen atoms in total. The van der Waals surface area contributed by atoms with Crippen LogP contribution in [0.5, 0.6) is 0 Å². The van der Waals surface area contributed by atoms with Crippen molar-refractivity contribution in [2.75, 3.05) is 0 Å². The SMILES string of the molecule is O=P(O)(O)O.[LiH].[Nd]. The molecule has 0 unspecified atom stereocenters. The van der Waals surface area contributed by atoms with Crippen LogP contribution in [0.15, 0.2) is 0 Å². The van der Waals surface area contributed by atoms with E-state index in [2.05, 4.69) is 0 Å². The topological polar surface area (TPSA) is 77.8 Å². The summed E-state index contributed by atoms with van der Waals surface area (Å²) in [5, 5.41) is 0. The minimum Gasteiger partial charge on any atom is 0 e. The van der Waals surface area contributed by atoms with Gasteiger partial charge in [-0.1, -0.05) is 0 Å². The van der Waals surface area contributed by atoms with Gasteiger partial charge in [-0.15, -0.1) is 0 Å². The van der Waals surface area contributed by atoms with Gasteiger partial charge < -0.3 is 14.7 Å². The standard InChI is InChI=1S/Li.Nd.H3O4P.H/c;;1-5(2,3)4;/h;;(H3,1,2,3,4);. The summed E-state index contributed by atoms with van der Waals surface area (Å²) in [6.07, 6.45) is 0. The van der Waals surface area contributed by atoms with Crippen molar-refractivity contribution in [1.82, 2.24) is 0 Å². The van der Waals surface area contributed by atoms with E-state index in [0.29, 0.717) is 0 Å². The Kier molecular flexibility index (Phi) is 14.2. The molecule has 0 fully saturated rings. The Balaban J connectivity index is -0.0000000800. The van der Waals surface area contributed by atoms with Gasteiger partial charge in [0.15, 0.2) is 0 Å². The van der Waals surface area contributed by atoms with E-state index in [9.17, 15) is 0 Å². The van der Waals surface area contributed by atoms with Crippen molar-refractivity contribution in [2.45, 2.75) is 0 Å². The first-order chi connectivity index (χ1) is 2.00. The van der Waals surface area contributed by atoms with Crippen molar-refractivity contribution in [3.63, 3.8) is 0 Å². The fourth-order valence-corrected chi connectivity index (χ4v) is 0. The van der Waals surface area contributed by atoms with Gasteiger partial charge in [0.25, 0.3) is 0 Å². The number of rotatable bonds is 0. The second-order valence-corrected chi connectivity index (χ2v) is 1.54. The summed E-state index contributed by atoms with van der Waals surface area (Å²) in [5.74, 6) is 0. The van der Waals surface area contributed by atoms with Gasteiger partial charge in [-0.2, -0.15) is 0 Å². The fraction of sp³-hybridized carbons (Fsp3) is 0. The molecule has 0 amide bonds. The molecule has 7 heavy (non-hydrogen) atoms. The summed E-state index contributed by atoms with van der Waals surface area (Å²) in [4.78, 5) is 21.6. The van der Waals surface area contributed by atoms with Crippen LogP contribution < -0.4 is 0 Å². The molecule has 0 atom stereocenters. The zero-order valence-corrected chi connectivity index (χ0v) is 6.80. The molecular weight excluding hydrogens is 246 g/mol. The van der Waals surface area contributed by atoms with Crippen molar-refractivity contribution in [2.24, 2.45) is 0 Å². The third-order valence-electron chi connectivity index (χ3n) is 0. The maximum Gasteiger partial charge on any atom is 0 e. The average Bonchev–Trinajstić information content (AvgIpc) is 0.722. The Morgan fingerprint density at radius 1 is 1.14 bits per heavy atom. The van der Waals surface area contributed by atoms with Crippen molar-refractivity contribution in [3.05, 3.63) is 0 Å². The largest absolute Gasteiger partial charge is 0 e. The minimum atomic E-state index is -4.64. The van der Waals surface area contributed by atoms with E-state index in [-0.39, 0.29) is 59.7 Å². The quantitative estimate of drug-likeness (QED) is 0.358. The molecule has 0 aliphatic rings. The maximum atomic E-state index is 8.88. The molecule has 0 saturated carbocycles. The summed E-state index contributed by atoms with van der Waals surface area (Å²) in [6.45, 7) is 0. The molecule has 0 spiro atoms. The summed E-state index contributed by atoms with van der Waals surface area (Å²) >= 11 is 0. The average molecular weight is 250 g/mol. The second-order valence-electron chi connectivity index (χ2n) is 0.513. The number of hydrogen-bond acceptors (Lipinski definition) is 1. The number of hydrogen-bond donors (Lipinski definition) is 3. The normalized spacial score (nSPS) is 8.43. The molecule has 0 aromatic heterocycles. The van der Waals surface area contributed by atoms with Gasteiger partial charge in [-0.25, -0.2) is 4.57 Å². The van der Waals surface area contributed by atoms with E-state index in [1.54, 1.807) is 0 Å². The van der Waals surface area contributed by atoms with Crippen LogP contribution in [0.2, 0.25) is 0 Å². The Labute approximate surface area is 85.6 Å². The van der Waals surface area contributed by atoms with Gasteiger partial charge in [0.05, 0.1) is 0 Å². The monoisotopic (exact) mass is 248 g/mol. The first kappa shape index (κ1) is 16.0. The van der Waals surface area contributed by atoms with Crippen molar-refractivity contribution in [1.29, 1.82) is 0 Å². The molecule has 0 saturated heterocycles. The van der Waals surface area contributed by atoms with Gasteiger partial charge in [0.1, 0.15) is 0 Å². The molecule has 0 radical (unpaired) electrons. The zero-order chi connectivity index (χ0) is 4.50. The van der Waals surface area contributed by atoms with Crippen LogP contribution in [-0.4, -0.2) is 33.5 Å². The molecule has 38 valence electrons. The first-order valence-electron chi connectivity index (χ1n) is 0.783. The van der Waals surface area contributed by atoms with Crippen LogP contribution in [0.1, 0.15) is 0 Å². The number of phosphoric acid groups is 1. The van der Waals surface area contributed by atoms with Crippen LogP contribution in [0.4, 0.5) is 0 Å². The Morgan fingerprint density at radius 3 is 1.14 bits per heavy atom. The predicted octanol–water partition coefficient (Wildman–Crippen LogP) is -1.58. The molecule has 0 rings (SSSR count). The molecule has 3 N–H and O–H groups in total. The smallest absolute Gasteiger partial charge is 0 e. The maximum absolute atomic E-state index is 8.88. The third-order valence-corrected chi connectivity index (χ3v) is 0. The summed E-state index contributed by atoms with van der Waals surface area (Å²) < 4.78 is 8.88. The summed E-state index contributed by atoms with van der Waals surface area (Å²) in [5.41, 5.74) is 0. The summed E-state index contributed by atoms with van der Waals surface area (Å²) in [6, 6.07) is 0. The van der Waals surface area contributed by atoms with E-state index in [1.165, 1.54) is 0 Å². The van der Waals surface area contributed by atoms with E-state index in [4.69, 9.17) is 19.2 Å². The van der Waals surface area contributed by atoms with Gasteiger partial charge in [-0.05, 0) is 0 Å². The van der Waals surface area contributed by atoms with Crippen LogP contribution in [0.3, 0.4) is 0 Å². The van der Waals surface area contributed by atoms with Crippen LogP contribution in [-0.2, 0) is 4.57 Å². The molecule has 7 heteroatoms. The Hall–Kier alpha value is 2.06. The third kappa shape index (κ3) is 69.8.